The van der Waals surface area contributed by atoms with Crippen molar-refractivity contribution < 1.29 is 4.39 Å². The fourth-order valence-electron chi connectivity index (χ4n) is 0.998. The molecule has 0 fully saturated rings. The fraction of sp³-hybridized carbons (Fsp3) is 0. The van der Waals surface area contributed by atoms with Crippen molar-refractivity contribution in [3.63, 3.8) is 0 Å². The monoisotopic (exact) mass is 246 g/mol. The van der Waals surface area contributed by atoms with Gasteiger partial charge in [-0.1, -0.05) is 11.6 Å². The lowest BCUT2D eigenvalue weighted by Gasteiger charge is -2.04. The molecule has 0 heterocycles. The number of nitriles is 3. The Morgan fingerprint density at radius 1 is 1.29 bits per heavy atom. The number of rotatable bonds is 2. The van der Waals surface area contributed by atoms with E-state index in [0.717, 1.165) is 18.3 Å². The number of anilines is 1. The second-order valence-electron chi connectivity index (χ2n) is 2.85. The summed E-state index contributed by atoms with van der Waals surface area (Å²) in [5.74, 6) is -0.697. The highest BCUT2D eigenvalue weighted by Gasteiger charge is 2.07. The Hall–Kier alpha value is -2.55. The fourth-order valence-corrected chi connectivity index (χ4v) is 1.16. The normalized spacial score (nSPS) is 8.41. The van der Waals surface area contributed by atoms with Crippen LogP contribution in [0.4, 0.5) is 10.1 Å². The van der Waals surface area contributed by atoms with E-state index < -0.39 is 5.82 Å². The standard InChI is InChI=1S/C11H4ClFN4/c12-9-1-8(5-16)11(2-10(9)13)17-6-7(3-14)4-15/h1-2,6,17H. The second-order valence-corrected chi connectivity index (χ2v) is 3.26. The minimum Gasteiger partial charge on any atom is -0.359 e. The number of hydrogen-bond acceptors (Lipinski definition) is 4. The van der Waals surface area contributed by atoms with Crippen LogP contribution in [0.5, 0.6) is 0 Å². The van der Waals surface area contributed by atoms with E-state index >= 15 is 0 Å². The second kappa shape index (κ2) is 5.51. The third-order valence-corrected chi connectivity index (χ3v) is 2.08. The maximum absolute atomic E-state index is 13.2. The van der Waals surface area contributed by atoms with Gasteiger partial charge in [0.15, 0.2) is 0 Å². The average Bonchev–Trinajstić information content (AvgIpc) is 2.34. The van der Waals surface area contributed by atoms with E-state index in [-0.39, 0.29) is 21.8 Å². The number of allylic oxidation sites excluding steroid dienone is 1. The van der Waals surface area contributed by atoms with Crippen molar-refractivity contribution in [2.45, 2.75) is 0 Å². The van der Waals surface area contributed by atoms with E-state index in [1.807, 2.05) is 6.07 Å². The lowest BCUT2D eigenvalue weighted by molar-refractivity contribution is 0.628. The number of halogens is 2. The Labute approximate surface area is 102 Å². The van der Waals surface area contributed by atoms with Gasteiger partial charge in [0.2, 0.25) is 0 Å². The Balaban J connectivity index is 3.14. The zero-order valence-corrected chi connectivity index (χ0v) is 9.09. The molecule has 0 unspecified atom stereocenters. The first-order chi connectivity index (χ1) is 8.12. The zero-order chi connectivity index (χ0) is 12.8. The predicted molar refractivity (Wildman–Crippen MR) is 59.1 cm³/mol. The van der Waals surface area contributed by atoms with Crippen LogP contribution in [0.15, 0.2) is 23.9 Å². The van der Waals surface area contributed by atoms with Crippen LogP contribution in [-0.4, -0.2) is 0 Å². The van der Waals surface area contributed by atoms with Gasteiger partial charge in [-0.3, -0.25) is 0 Å². The van der Waals surface area contributed by atoms with Gasteiger partial charge in [-0.15, -0.1) is 0 Å². The van der Waals surface area contributed by atoms with E-state index in [4.69, 9.17) is 27.4 Å². The minimum atomic E-state index is -0.697. The van der Waals surface area contributed by atoms with E-state index in [9.17, 15) is 4.39 Å². The van der Waals surface area contributed by atoms with Crippen LogP contribution >= 0.6 is 11.6 Å². The molecule has 1 aromatic carbocycles. The largest absolute Gasteiger partial charge is 0.359 e. The summed E-state index contributed by atoms with van der Waals surface area (Å²) in [7, 11) is 0. The molecule has 82 valence electrons. The van der Waals surface area contributed by atoms with E-state index in [0.29, 0.717) is 0 Å². The Kier molecular flexibility index (Phi) is 4.06. The third-order valence-electron chi connectivity index (χ3n) is 1.79. The molecule has 0 aliphatic heterocycles. The van der Waals surface area contributed by atoms with Crippen LogP contribution in [0.3, 0.4) is 0 Å². The Morgan fingerprint density at radius 2 is 1.94 bits per heavy atom. The van der Waals surface area contributed by atoms with Gasteiger partial charge in [-0.25, -0.2) is 4.39 Å². The smallest absolute Gasteiger partial charge is 0.145 e. The quantitative estimate of drug-likeness (QED) is 0.813. The van der Waals surface area contributed by atoms with E-state index in [1.165, 1.54) is 0 Å². The van der Waals surface area contributed by atoms with Crippen molar-refractivity contribution in [2.24, 2.45) is 0 Å². The van der Waals surface area contributed by atoms with Gasteiger partial charge in [0.05, 0.1) is 16.3 Å². The molecule has 0 aromatic heterocycles. The summed E-state index contributed by atoms with van der Waals surface area (Å²) in [6.45, 7) is 0. The summed E-state index contributed by atoms with van der Waals surface area (Å²) in [5.41, 5.74) is 0.0597. The molecule has 0 amide bonds. The molecule has 0 bridgehead atoms. The summed E-state index contributed by atoms with van der Waals surface area (Å²) < 4.78 is 13.2. The maximum Gasteiger partial charge on any atom is 0.145 e. The Morgan fingerprint density at radius 3 is 2.47 bits per heavy atom. The molecule has 1 rings (SSSR count). The molecular weight excluding hydrogens is 243 g/mol. The topological polar surface area (TPSA) is 83.4 Å². The molecule has 1 N–H and O–H groups in total. The first-order valence-electron chi connectivity index (χ1n) is 4.28. The van der Waals surface area contributed by atoms with Crippen LogP contribution in [-0.2, 0) is 0 Å². The van der Waals surface area contributed by atoms with Crippen molar-refractivity contribution in [2.75, 3.05) is 5.32 Å². The average molecular weight is 247 g/mol. The first-order valence-corrected chi connectivity index (χ1v) is 4.66. The van der Waals surface area contributed by atoms with E-state index in [2.05, 4.69) is 5.32 Å². The number of hydrogen-bond donors (Lipinski definition) is 1. The maximum atomic E-state index is 13.2. The molecule has 1 aromatic rings. The molecule has 0 radical (unpaired) electrons. The van der Waals surface area contributed by atoms with Crippen LogP contribution in [0, 0.1) is 39.8 Å². The van der Waals surface area contributed by atoms with Crippen LogP contribution in [0.1, 0.15) is 5.56 Å². The summed E-state index contributed by atoms with van der Waals surface area (Å²) in [6, 6.07) is 7.23. The summed E-state index contributed by atoms with van der Waals surface area (Å²) in [4.78, 5) is 0. The zero-order valence-electron chi connectivity index (χ0n) is 8.33. The van der Waals surface area contributed by atoms with Crippen molar-refractivity contribution in [1.29, 1.82) is 15.8 Å². The number of benzene rings is 1. The SMILES string of the molecule is N#CC(C#N)=CNc1cc(F)c(Cl)cc1C#N. The lowest BCUT2D eigenvalue weighted by atomic mass is 10.2. The van der Waals surface area contributed by atoms with Crippen molar-refractivity contribution >= 4 is 17.3 Å². The van der Waals surface area contributed by atoms with Crippen LogP contribution < -0.4 is 5.32 Å². The molecule has 0 saturated heterocycles. The minimum absolute atomic E-state index is 0.114. The summed E-state index contributed by atoms with van der Waals surface area (Å²) in [6.07, 6.45) is 1.09. The molecule has 0 aliphatic rings. The van der Waals surface area contributed by atoms with Crippen molar-refractivity contribution in [3.05, 3.63) is 40.3 Å². The van der Waals surface area contributed by atoms with Gasteiger partial charge in [0.25, 0.3) is 0 Å². The number of nitrogens with zero attached hydrogens (tertiary/aromatic N) is 3. The molecule has 17 heavy (non-hydrogen) atoms. The molecule has 0 atom stereocenters. The van der Waals surface area contributed by atoms with Gasteiger partial charge < -0.3 is 5.32 Å². The van der Waals surface area contributed by atoms with Gasteiger partial charge >= 0.3 is 0 Å². The van der Waals surface area contributed by atoms with Crippen LogP contribution in [0.25, 0.3) is 0 Å². The first kappa shape index (κ1) is 12.5. The van der Waals surface area contributed by atoms with Crippen LogP contribution in [0.2, 0.25) is 5.02 Å². The highest BCUT2D eigenvalue weighted by molar-refractivity contribution is 6.31. The predicted octanol–water partition coefficient (Wildman–Crippen LogP) is 2.69. The van der Waals surface area contributed by atoms with Crippen molar-refractivity contribution in [1.82, 2.24) is 0 Å². The third kappa shape index (κ3) is 2.95. The Bertz CT molecular complexity index is 586. The van der Waals surface area contributed by atoms with Crippen molar-refractivity contribution in [3.8, 4) is 18.2 Å². The van der Waals surface area contributed by atoms with Gasteiger partial charge in [-0.2, -0.15) is 15.8 Å². The summed E-state index contributed by atoms with van der Waals surface area (Å²) >= 11 is 5.51. The molecular formula is C11H4ClFN4. The molecule has 0 aliphatic carbocycles. The highest BCUT2D eigenvalue weighted by Crippen LogP contribution is 2.23. The number of nitrogens with one attached hydrogen (secondary N) is 1. The van der Waals surface area contributed by atoms with Gasteiger partial charge in [-0.05, 0) is 6.07 Å². The highest BCUT2D eigenvalue weighted by atomic mass is 35.5. The van der Waals surface area contributed by atoms with E-state index in [1.54, 1.807) is 12.1 Å². The summed E-state index contributed by atoms with van der Waals surface area (Å²) in [5, 5.41) is 28.1. The molecule has 0 spiro atoms. The molecule has 4 nitrogen and oxygen atoms in total. The van der Waals surface area contributed by atoms with Gasteiger partial charge in [0, 0.05) is 12.3 Å². The molecule has 6 heteroatoms. The molecule has 0 saturated carbocycles. The lowest BCUT2D eigenvalue weighted by Crippen LogP contribution is -1.95. The van der Waals surface area contributed by atoms with Gasteiger partial charge in [0.1, 0.15) is 29.6 Å².